The van der Waals surface area contributed by atoms with Crippen LogP contribution in [0.4, 0.5) is 0 Å². The number of aryl methyl sites for hydroxylation is 3. The molecule has 0 radical (unpaired) electrons. The van der Waals surface area contributed by atoms with Crippen LogP contribution in [-0.4, -0.2) is 24.0 Å². The van der Waals surface area contributed by atoms with Crippen molar-refractivity contribution < 1.29 is 13.9 Å². The number of nitrogens with one attached hydrogen (secondary N) is 1. The van der Waals surface area contributed by atoms with Gasteiger partial charge in [0.05, 0.1) is 19.2 Å². The van der Waals surface area contributed by atoms with Crippen molar-refractivity contribution in [1.29, 1.82) is 0 Å². The lowest BCUT2D eigenvalue weighted by molar-refractivity contribution is -0.121. The molecule has 0 saturated heterocycles. The van der Waals surface area contributed by atoms with Crippen LogP contribution in [0.2, 0.25) is 0 Å². The molecule has 0 fully saturated rings. The number of oxazole rings is 1. The van der Waals surface area contributed by atoms with E-state index in [1.54, 1.807) is 13.1 Å². The van der Waals surface area contributed by atoms with Gasteiger partial charge in [-0.05, 0) is 43.5 Å². The predicted molar refractivity (Wildman–Crippen MR) is 88.7 cm³/mol. The average Bonchev–Trinajstić information content (AvgIpc) is 2.89. The third kappa shape index (κ3) is 5.13. The molecule has 1 N–H and O–H groups in total. The first-order chi connectivity index (χ1) is 11.0. The van der Waals surface area contributed by atoms with Crippen LogP contribution in [0.5, 0.6) is 5.75 Å². The Morgan fingerprint density at radius 2 is 2.04 bits per heavy atom. The fraction of sp³-hybridized carbons (Fsp3) is 0.444. The van der Waals surface area contributed by atoms with Crippen molar-refractivity contribution in [3.05, 3.63) is 46.7 Å². The highest BCUT2D eigenvalue weighted by Crippen LogP contribution is 2.23. The molecule has 23 heavy (non-hydrogen) atoms. The van der Waals surface area contributed by atoms with Crippen LogP contribution in [0.25, 0.3) is 0 Å². The van der Waals surface area contributed by atoms with Crippen LogP contribution in [-0.2, 0) is 11.2 Å². The Morgan fingerprint density at radius 1 is 1.26 bits per heavy atom. The summed E-state index contributed by atoms with van der Waals surface area (Å²) >= 11 is 0. The van der Waals surface area contributed by atoms with Gasteiger partial charge in [0.25, 0.3) is 0 Å². The topological polar surface area (TPSA) is 64.4 Å². The summed E-state index contributed by atoms with van der Waals surface area (Å²) in [5, 5.41) is 2.86. The minimum absolute atomic E-state index is 0.0248. The minimum atomic E-state index is -0.0248. The second kappa shape index (κ2) is 7.81. The van der Waals surface area contributed by atoms with E-state index in [2.05, 4.69) is 23.3 Å². The number of ether oxygens (including phenoxy) is 1. The molecule has 0 unspecified atom stereocenters. The van der Waals surface area contributed by atoms with Crippen molar-refractivity contribution in [1.82, 2.24) is 10.3 Å². The maximum Gasteiger partial charge on any atom is 0.223 e. The summed E-state index contributed by atoms with van der Waals surface area (Å²) in [5.74, 6) is 2.25. The van der Waals surface area contributed by atoms with Crippen molar-refractivity contribution >= 4 is 5.91 Å². The lowest BCUT2D eigenvalue weighted by Crippen LogP contribution is -2.27. The van der Waals surface area contributed by atoms with Gasteiger partial charge < -0.3 is 14.5 Å². The van der Waals surface area contributed by atoms with Crippen LogP contribution in [0.1, 0.15) is 34.8 Å². The molecular formula is C18H24N2O3. The second-order valence-electron chi connectivity index (χ2n) is 5.75. The molecule has 0 bridgehead atoms. The number of amides is 1. The van der Waals surface area contributed by atoms with Gasteiger partial charge in [0.15, 0.2) is 5.89 Å². The molecule has 0 aliphatic carbocycles. The van der Waals surface area contributed by atoms with Gasteiger partial charge in [-0.2, -0.15) is 0 Å². The molecule has 2 aromatic rings. The third-order valence-corrected chi connectivity index (χ3v) is 3.71. The standard InChI is InChI=1S/C18H24N2O3/c1-12-9-13(2)14(3)17(10-12)22-8-6-18(21)19-7-5-16-11-20-15(4)23-16/h9-11H,5-8H2,1-4H3,(H,19,21). The second-order valence-corrected chi connectivity index (χ2v) is 5.75. The van der Waals surface area contributed by atoms with Crippen LogP contribution in [0.15, 0.2) is 22.7 Å². The molecule has 1 aromatic carbocycles. The Kier molecular flexibility index (Phi) is 5.79. The Balaban J connectivity index is 1.70. The molecule has 5 heteroatoms. The van der Waals surface area contributed by atoms with Gasteiger partial charge in [-0.1, -0.05) is 6.07 Å². The van der Waals surface area contributed by atoms with E-state index < -0.39 is 0 Å². The summed E-state index contributed by atoms with van der Waals surface area (Å²) in [6.45, 7) is 8.84. The zero-order valence-corrected chi connectivity index (χ0v) is 14.2. The lowest BCUT2D eigenvalue weighted by atomic mass is 10.1. The first kappa shape index (κ1) is 17.1. The van der Waals surface area contributed by atoms with Crippen molar-refractivity contribution in [2.75, 3.05) is 13.2 Å². The molecule has 2 rings (SSSR count). The van der Waals surface area contributed by atoms with E-state index >= 15 is 0 Å². The Morgan fingerprint density at radius 3 is 2.74 bits per heavy atom. The van der Waals surface area contributed by atoms with Crippen molar-refractivity contribution in [2.45, 2.75) is 40.5 Å². The smallest absolute Gasteiger partial charge is 0.223 e. The van der Waals surface area contributed by atoms with Crippen molar-refractivity contribution in [3.8, 4) is 5.75 Å². The molecule has 0 aliphatic rings. The largest absolute Gasteiger partial charge is 0.493 e. The van der Waals surface area contributed by atoms with Crippen molar-refractivity contribution in [3.63, 3.8) is 0 Å². The molecular weight excluding hydrogens is 292 g/mol. The van der Waals surface area contributed by atoms with Gasteiger partial charge in [0.2, 0.25) is 5.91 Å². The molecule has 0 spiro atoms. The van der Waals surface area contributed by atoms with Gasteiger partial charge >= 0.3 is 0 Å². The maximum absolute atomic E-state index is 11.8. The van der Waals surface area contributed by atoms with E-state index in [4.69, 9.17) is 9.15 Å². The number of carbonyl (C=O) groups is 1. The summed E-state index contributed by atoms with van der Waals surface area (Å²) in [6, 6.07) is 4.13. The quantitative estimate of drug-likeness (QED) is 0.853. The number of rotatable bonds is 7. The van der Waals surface area contributed by atoms with Crippen LogP contribution < -0.4 is 10.1 Å². The fourth-order valence-corrected chi connectivity index (χ4v) is 2.34. The molecule has 124 valence electrons. The molecule has 1 heterocycles. The highest BCUT2D eigenvalue weighted by Gasteiger charge is 2.07. The summed E-state index contributed by atoms with van der Waals surface area (Å²) < 4.78 is 11.1. The van der Waals surface area contributed by atoms with Crippen LogP contribution >= 0.6 is 0 Å². The van der Waals surface area contributed by atoms with Gasteiger partial charge in [-0.15, -0.1) is 0 Å². The highest BCUT2D eigenvalue weighted by atomic mass is 16.5. The maximum atomic E-state index is 11.8. The molecule has 1 aromatic heterocycles. The summed E-state index contributed by atoms with van der Waals surface area (Å²) in [6.07, 6.45) is 2.67. The Labute approximate surface area is 137 Å². The molecule has 0 saturated carbocycles. The van der Waals surface area contributed by atoms with Crippen LogP contribution in [0, 0.1) is 27.7 Å². The van der Waals surface area contributed by atoms with E-state index in [0.29, 0.717) is 31.9 Å². The zero-order chi connectivity index (χ0) is 16.8. The minimum Gasteiger partial charge on any atom is -0.493 e. The molecule has 5 nitrogen and oxygen atoms in total. The first-order valence-electron chi connectivity index (χ1n) is 7.84. The fourth-order valence-electron chi connectivity index (χ4n) is 2.34. The summed E-state index contributed by atoms with van der Waals surface area (Å²) in [4.78, 5) is 15.8. The van der Waals surface area contributed by atoms with E-state index in [0.717, 1.165) is 22.6 Å². The number of benzene rings is 1. The zero-order valence-electron chi connectivity index (χ0n) is 14.2. The monoisotopic (exact) mass is 316 g/mol. The van der Waals surface area contributed by atoms with Gasteiger partial charge in [-0.25, -0.2) is 4.98 Å². The van der Waals surface area contributed by atoms with E-state index in [1.807, 2.05) is 19.9 Å². The Bertz CT molecular complexity index is 677. The number of aromatic nitrogens is 1. The highest BCUT2D eigenvalue weighted by molar-refractivity contribution is 5.75. The van der Waals surface area contributed by atoms with Crippen LogP contribution in [0.3, 0.4) is 0 Å². The van der Waals surface area contributed by atoms with Gasteiger partial charge in [0.1, 0.15) is 11.5 Å². The van der Waals surface area contributed by atoms with Crippen molar-refractivity contribution in [2.24, 2.45) is 0 Å². The third-order valence-electron chi connectivity index (χ3n) is 3.71. The van der Waals surface area contributed by atoms with Gasteiger partial charge in [-0.3, -0.25) is 4.79 Å². The van der Waals surface area contributed by atoms with E-state index in [1.165, 1.54) is 5.56 Å². The number of hydrogen-bond acceptors (Lipinski definition) is 4. The van der Waals surface area contributed by atoms with E-state index in [9.17, 15) is 4.79 Å². The normalized spacial score (nSPS) is 10.6. The SMILES string of the molecule is Cc1cc(C)c(C)c(OCCC(=O)NCCc2cnc(C)o2)c1. The number of hydrogen-bond donors (Lipinski definition) is 1. The first-order valence-corrected chi connectivity index (χ1v) is 7.84. The van der Waals surface area contributed by atoms with E-state index in [-0.39, 0.29) is 5.91 Å². The summed E-state index contributed by atoms with van der Waals surface area (Å²) in [7, 11) is 0. The molecule has 0 atom stereocenters. The Hall–Kier alpha value is -2.30. The average molecular weight is 316 g/mol. The summed E-state index contributed by atoms with van der Waals surface area (Å²) in [5.41, 5.74) is 3.48. The number of nitrogens with zero attached hydrogens (tertiary/aromatic N) is 1. The number of carbonyl (C=O) groups excluding carboxylic acids is 1. The predicted octanol–water partition coefficient (Wildman–Crippen LogP) is 3.04. The van der Waals surface area contributed by atoms with Gasteiger partial charge in [0, 0.05) is 19.9 Å². The molecule has 0 aliphatic heterocycles. The molecule has 1 amide bonds. The lowest BCUT2D eigenvalue weighted by Gasteiger charge is -2.12.